The first kappa shape index (κ1) is 22.2. The second-order valence-electron chi connectivity index (χ2n) is 8.14. The van der Waals surface area contributed by atoms with E-state index in [0.29, 0.717) is 24.7 Å². The molecule has 0 aliphatic heterocycles. The highest BCUT2D eigenvalue weighted by Gasteiger charge is 2.22. The summed E-state index contributed by atoms with van der Waals surface area (Å²) in [6, 6.07) is 16.2. The molecule has 0 saturated heterocycles. The molecule has 2 aromatic carbocycles. The lowest BCUT2D eigenvalue weighted by atomic mass is 9.98. The quantitative estimate of drug-likeness (QED) is 0.392. The molecular formula is C24H27N7O2. The summed E-state index contributed by atoms with van der Waals surface area (Å²) in [5, 5.41) is 28.7. The van der Waals surface area contributed by atoms with E-state index in [1.807, 2.05) is 43.0 Å². The summed E-state index contributed by atoms with van der Waals surface area (Å²) in [5.41, 5.74) is 4.25. The van der Waals surface area contributed by atoms with Crippen LogP contribution in [0.3, 0.4) is 0 Å². The van der Waals surface area contributed by atoms with E-state index in [9.17, 15) is 9.90 Å². The van der Waals surface area contributed by atoms with Gasteiger partial charge in [0, 0.05) is 30.9 Å². The summed E-state index contributed by atoms with van der Waals surface area (Å²) in [5.74, 6) is 0.0849. The van der Waals surface area contributed by atoms with Crippen LogP contribution in [0.4, 0.5) is 5.82 Å². The van der Waals surface area contributed by atoms with Gasteiger partial charge in [0.2, 0.25) is 5.82 Å². The monoisotopic (exact) mass is 445 g/mol. The highest BCUT2D eigenvalue weighted by Crippen LogP contribution is 2.30. The minimum Gasteiger partial charge on any atom is -0.477 e. The standard InChI is InChI=1S/C24H27N7O2/c1-4-13-30(23-21(24(32)33)15-31(27-23)16(2)3)14-17-9-11-18(12-10-17)19-7-5-6-8-20(19)22-25-28-29-26-22/h5-12,15-16H,4,13-14H2,1-3H3,(H,32,33)(H,25,26,28,29). The van der Waals surface area contributed by atoms with Gasteiger partial charge in [0.15, 0.2) is 5.82 Å². The molecule has 0 atom stereocenters. The van der Waals surface area contributed by atoms with Gasteiger partial charge in [0.25, 0.3) is 0 Å². The molecule has 0 bridgehead atoms. The Labute approximate surface area is 192 Å². The van der Waals surface area contributed by atoms with Crippen LogP contribution in [0.2, 0.25) is 0 Å². The molecule has 4 rings (SSSR count). The number of nitrogens with one attached hydrogen (secondary N) is 1. The first-order valence-electron chi connectivity index (χ1n) is 11.0. The molecule has 9 nitrogen and oxygen atoms in total. The van der Waals surface area contributed by atoms with E-state index in [1.54, 1.807) is 10.9 Å². The molecule has 0 aliphatic rings. The number of anilines is 1. The van der Waals surface area contributed by atoms with Crippen molar-refractivity contribution in [1.29, 1.82) is 0 Å². The lowest BCUT2D eigenvalue weighted by molar-refractivity contribution is 0.0697. The number of carbonyl (C=O) groups is 1. The third kappa shape index (κ3) is 4.77. The Morgan fingerprint density at radius 1 is 1.12 bits per heavy atom. The first-order valence-corrected chi connectivity index (χ1v) is 11.0. The van der Waals surface area contributed by atoms with Crippen LogP contribution < -0.4 is 4.90 Å². The molecular weight excluding hydrogens is 418 g/mol. The number of carboxylic acids is 1. The number of aromatic amines is 1. The number of hydrogen-bond acceptors (Lipinski definition) is 6. The Kier molecular flexibility index (Phi) is 6.48. The molecule has 9 heteroatoms. The van der Waals surface area contributed by atoms with Crippen LogP contribution in [0, 0.1) is 0 Å². The third-order valence-electron chi connectivity index (χ3n) is 5.42. The van der Waals surface area contributed by atoms with Crippen molar-refractivity contribution in [3.63, 3.8) is 0 Å². The van der Waals surface area contributed by atoms with E-state index in [1.165, 1.54) is 0 Å². The summed E-state index contributed by atoms with van der Waals surface area (Å²) in [4.78, 5) is 13.9. The number of carboxylic acid groups (broad SMARTS) is 1. The highest BCUT2D eigenvalue weighted by atomic mass is 16.4. The highest BCUT2D eigenvalue weighted by molar-refractivity contribution is 5.93. The van der Waals surface area contributed by atoms with Crippen molar-refractivity contribution in [3.8, 4) is 22.5 Å². The lowest BCUT2D eigenvalue weighted by Gasteiger charge is -2.23. The van der Waals surface area contributed by atoms with Gasteiger partial charge in [-0.2, -0.15) is 10.3 Å². The van der Waals surface area contributed by atoms with Crippen molar-refractivity contribution in [2.45, 2.75) is 39.8 Å². The number of rotatable bonds is 9. The number of nitrogens with zero attached hydrogens (tertiary/aromatic N) is 6. The molecule has 0 aliphatic carbocycles. The minimum atomic E-state index is -0.966. The molecule has 0 unspecified atom stereocenters. The third-order valence-corrected chi connectivity index (χ3v) is 5.42. The largest absolute Gasteiger partial charge is 0.477 e. The maximum atomic E-state index is 11.9. The van der Waals surface area contributed by atoms with Crippen LogP contribution >= 0.6 is 0 Å². The summed E-state index contributed by atoms with van der Waals surface area (Å²) in [6.45, 7) is 7.31. The van der Waals surface area contributed by atoms with Crippen molar-refractivity contribution >= 4 is 11.8 Å². The predicted molar refractivity (Wildman–Crippen MR) is 126 cm³/mol. The molecule has 0 amide bonds. The summed E-state index contributed by atoms with van der Waals surface area (Å²) < 4.78 is 1.71. The fourth-order valence-electron chi connectivity index (χ4n) is 3.78. The van der Waals surface area contributed by atoms with Crippen molar-refractivity contribution in [3.05, 3.63) is 65.9 Å². The molecule has 0 spiro atoms. The van der Waals surface area contributed by atoms with Gasteiger partial charge in [-0.25, -0.2) is 4.79 Å². The molecule has 2 aromatic heterocycles. The van der Waals surface area contributed by atoms with E-state index in [2.05, 4.69) is 56.9 Å². The molecule has 0 saturated carbocycles. The van der Waals surface area contributed by atoms with Crippen molar-refractivity contribution < 1.29 is 9.90 Å². The second kappa shape index (κ2) is 9.64. The maximum absolute atomic E-state index is 11.9. The SMILES string of the molecule is CCCN(Cc1ccc(-c2ccccc2-c2nn[nH]n2)cc1)c1nn(C(C)C)cc1C(=O)O. The van der Waals surface area contributed by atoms with Crippen molar-refractivity contribution in [1.82, 2.24) is 30.4 Å². The number of hydrogen-bond donors (Lipinski definition) is 2. The van der Waals surface area contributed by atoms with E-state index in [0.717, 1.165) is 28.7 Å². The Morgan fingerprint density at radius 2 is 1.85 bits per heavy atom. The Hall–Kier alpha value is -4.01. The molecule has 33 heavy (non-hydrogen) atoms. The number of tetrazole rings is 1. The zero-order chi connectivity index (χ0) is 23.4. The Bertz CT molecular complexity index is 1210. The normalized spacial score (nSPS) is 11.2. The maximum Gasteiger partial charge on any atom is 0.341 e. The van der Waals surface area contributed by atoms with Gasteiger partial charge in [-0.15, -0.1) is 10.2 Å². The van der Waals surface area contributed by atoms with Crippen LogP contribution in [-0.4, -0.2) is 48.0 Å². The van der Waals surface area contributed by atoms with Crippen molar-refractivity contribution in [2.75, 3.05) is 11.4 Å². The van der Waals surface area contributed by atoms with Crippen LogP contribution in [0.1, 0.15) is 49.2 Å². The Balaban J connectivity index is 1.62. The summed E-state index contributed by atoms with van der Waals surface area (Å²) in [7, 11) is 0. The Morgan fingerprint density at radius 3 is 2.45 bits per heavy atom. The van der Waals surface area contributed by atoms with Crippen LogP contribution in [0.25, 0.3) is 22.5 Å². The van der Waals surface area contributed by atoms with Gasteiger partial charge >= 0.3 is 5.97 Å². The molecule has 2 N–H and O–H groups in total. The number of benzene rings is 2. The van der Waals surface area contributed by atoms with Gasteiger partial charge < -0.3 is 10.0 Å². The predicted octanol–water partition coefficient (Wildman–Crippen LogP) is 4.43. The zero-order valence-electron chi connectivity index (χ0n) is 18.9. The fourth-order valence-corrected chi connectivity index (χ4v) is 3.78. The topological polar surface area (TPSA) is 113 Å². The van der Waals surface area contributed by atoms with Gasteiger partial charge in [0.1, 0.15) is 5.56 Å². The van der Waals surface area contributed by atoms with Crippen LogP contribution in [0.5, 0.6) is 0 Å². The van der Waals surface area contributed by atoms with Crippen LogP contribution in [0.15, 0.2) is 54.7 Å². The van der Waals surface area contributed by atoms with Crippen LogP contribution in [-0.2, 0) is 6.54 Å². The van der Waals surface area contributed by atoms with Crippen molar-refractivity contribution in [2.24, 2.45) is 0 Å². The smallest absolute Gasteiger partial charge is 0.341 e. The number of aromatic carboxylic acids is 1. The molecule has 0 fully saturated rings. The van der Waals surface area contributed by atoms with Gasteiger partial charge in [-0.05, 0) is 42.2 Å². The van der Waals surface area contributed by atoms with E-state index >= 15 is 0 Å². The average Bonchev–Trinajstić information content (AvgIpc) is 3.50. The summed E-state index contributed by atoms with van der Waals surface area (Å²) in [6.07, 6.45) is 2.49. The average molecular weight is 446 g/mol. The molecule has 2 heterocycles. The van der Waals surface area contributed by atoms with Gasteiger partial charge in [-0.1, -0.05) is 55.5 Å². The first-order chi connectivity index (χ1) is 16.0. The van der Waals surface area contributed by atoms with E-state index in [-0.39, 0.29) is 11.6 Å². The minimum absolute atomic E-state index is 0.0823. The number of H-pyrrole nitrogens is 1. The van der Waals surface area contributed by atoms with Gasteiger partial charge in [-0.3, -0.25) is 4.68 Å². The van der Waals surface area contributed by atoms with Gasteiger partial charge in [0.05, 0.1) is 0 Å². The molecule has 170 valence electrons. The molecule has 4 aromatic rings. The lowest BCUT2D eigenvalue weighted by Crippen LogP contribution is -2.25. The van der Waals surface area contributed by atoms with E-state index in [4.69, 9.17) is 0 Å². The molecule has 0 radical (unpaired) electrons. The van der Waals surface area contributed by atoms with E-state index < -0.39 is 5.97 Å². The fraction of sp³-hybridized carbons (Fsp3) is 0.292. The summed E-state index contributed by atoms with van der Waals surface area (Å²) >= 11 is 0. The zero-order valence-corrected chi connectivity index (χ0v) is 18.9. The number of aromatic nitrogens is 6. The second-order valence-corrected chi connectivity index (χ2v) is 8.14.